The molecule has 1 aromatic heterocycles. The first-order valence-electron chi connectivity index (χ1n) is 9.37. The highest BCUT2D eigenvalue weighted by Crippen LogP contribution is 2.28. The van der Waals surface area contributed by atoms with Crippen LogP contribution in [0, 0.1) is 13.8 Å². The molecule has 2 aromatic carbocycles. The highest BCUT2D eigenvalue weighted by molar-refractivity contribution is 5.81. The molecule has 3 rings (SSSR count). The van der Waals surface area contributed by atoms with Crippen LogP contribution >= 0.6 is 0 Å². The van der Waals surface area contributed by atoms with Gasteiger partial charge in [-0.05, 0) is 50.1 Å². The Balaban J connectivity index is 1.70. The van der Waals surface area contributed by atoms with Crippen LogP contribution in [0.1, 0.15) is 29.3 Å². The van der Waals surface area contributed by atoms with Crippen molar-refractivity contribution in [2.24, 2.45) is 5.10 Å². The highest BCUT2D eigenvalue weighted by Gasteiger charge is 2.07. The lowest BCUT2D eigenvalue weighted by Gasteiger charge is -2.12. The summed E-state index contributed by atoms with van der Waals surface area (Å²) in [5.74, 6) is 1.60. The van der Waals surface area contributed by atoms with Crippen molar-refractivity contribution >= 4 is 12.2 Å². The van der Waals surface area contributed by atoms with Gasteiger partial charge in [-0.1, -0.05) is 30.3 Å². The molecule has 3 aromatic rings. The van der Waals surface area contributed by atoms with Crippen LogP contribution in [0.5, 0.6) is 11.5 Å². The quantitative estimate of drug-likeness (QED) is 0.449. The normalized spacial score (nSPS) is 10.9. The van der Waals surface area contributed by atoms with E-state index in [1.807, 2.05) is 55.5 Å². The molecule has 0 atom stereocenters. The zero-order chi connectivity index (χ0) is 20.6. The van der Waals surface area contributed by atoms with Gasteiger partial charge in [-0.15, -0.1) is 0 Å². The van der Waals surface area contributed by atoms with Gasteiger partial charge in [0.05, 0.1) is 12.8 Å². The molecule has 0 saturated carbocycles. The summed E-state index contributed by atoms with van der Waals surface area (Å²) >= 11 is 0. The van der Waals surface area contributed by atoms with Gasteiger partial charge >= 0.3 is 0 Å². The Bertz CT molecular complexity index is 1050. The number of aryl methyl sites for hydroxylation is 1. The van der Waals surface area contributed by atoms with Gasteiger partial charge < -0.3 is 9.47 Å². The molecular weight excluding hydrogens is 368 g/mol. The second-order valence-electron chi connectivity index (χ2n) is 6.41. The summed E-state index contributed by atoms with van der Waals surface area (Å²) in [7, 11) is 0. The van der Waals surface area contributed by atoms with Crippen LogP contribution in [0.25, 0.3) is 0 Å². The fourth-order valence-corrected chi connectivity index (χ4v) is 2.59. The Morgan fingerprint density at radius 1 is 1.10 bits per heavy atom. The van der Waals surface area contributed by atoms with Gasteiger partial charge in [0.25, 0.3) is 5.56 Å². The SMILES string of the molecule is CCOc1cc(/C=N\Nc2nc(C)c(C)c(=O)[nH]2)ccc1OCc1ccccc1. The number of hydrogen-bond donors (Lipinski definition) is 2. The number of rotatable bonds is 8. The maximum atomic E-state index is 11.8. The zero-order valence-corrected chi connectivity index (χ0v) is 16.7. The lowest BCUT2D eigenvalue weighted by Crippen LogP contribution is -2.15. The van der Waals surface area contributed by atoms with Gasteiger partial charge in [0.2, 0.25) is 5.95 Å². The monoisotopic (exact) mass is 392 g/mol. The Hall–Kier alpha value is -3.61. The van der Waals surface area contributed by atoms with E-state index in [0.29, 0.717) is 41.9 Å². The molecule has 0 bridgehead atoms. The van der Waals surface area contributed by atoms with E-state index in [0.717, 1.165) is 11.1 Å². The first kappa shape index (κ1) is 20.1. The standard InChI is InChI=1S/C22H24N4O3/c1-4-28-20-12-18(10-11-19(20)29-14-17-8-6-5-7-9-17)13-23-26-22-24-16(3)15(2)21(27)25-22/h5-13H,4,14H2,1-3H3,(H2,24,25,26,27)/b23-13-. The molecule has 0 spiro atoms. The predicted molar refractivity (Wildman–Crippen MR) is 114 cm³/mol. The number of hydrazone groups is 1. The number of ether oxygens (including phenoxy) is 2. The van der Waals surface area contributed by atoms with Gasteiger partial charge in [0.15, 0.2) is 11.5 Å². The van der Waals surface area contributed by atoms with Gasteiger partial charge in [-0.2, -0.15) is 5.10 Å². The number of H-pyrrole nitrogens is 1. The van der Waals surface area contributed by atoms with E-state index in [2.05, 4.69) is 20.5 Å². The van der Waals surface area contributed by atoms with Gasteiger partial charge in [0.1, 0.15) is 6.61 Å². The largest absolute Gasteiger partial charge is 0.490 e. The molecule has 1 heterocycles. The number of nitrogens with one attached hydrogen (secondary N) is 2. The van der Waals surface area contributed by atoms with Crippen molar-refractivity contribution < 1.29 is 9.47 Å². The Labute approximate surface area is 169 Å². The van der Waals surface area contributed by atoms with Crippen molar-refractivity contribution in [3.8, 4) is 11.5 Å². The fraction of sp³-hybridized carbons (Fsp3) is 0.227. The number of aromatic amines is 1. The molecular formula is C22H24N4O3. The molecule has 0 radical (unpaired) electrons. The third-order valence-corrected chi connectivity index (χ3v) is 4.28. The number of benzene rings is 2. The van der Waals surface area contributed by atoms with Crippen molar-refractivity contribution in [3.63, 3.8) is 0 Å². The lowest BCUT2D eigenvalue weighted by atomic mass is 10.2. The van der Waals surface area contributed by atoms with Crippen LogP contribution in [0.4, 0.5) is 5.95 Å². The van der Waals surface area contributed by atoms with Gasteiger partial charge in [0, 0.05) is 11.3 Å². The minimum atomic E-state index is -0.186. The molecule has 2 N–H and O–H groups in total. The third-order valence-electron chi connectivity index (χ3n) is 4.28. The smallest absolute Gasteiger partial charge is 0.255 e. The number of hydrogen-bond acceptors (Lipinski definition) is 6. The van der Waals surface area contributed by atoms with Crippen molar-refractivity contribution in [2.45, 2.75) is 27.4 Å². The highest BCUT2D eigenvalue weighted by atomic mass is 16.5. The van der Waals surface area contributed by atoms with E-state index < -0.39 is 0 Å². The molecule has 7 nitrogen and oxygen atoms in total. The van der Waals surface area contributed by atoms with Crippen LogP contribution in [-0.4, -0.2) is 22.8 Å². The van der Waals surface area contributed by atoms with E-state index in [9.17, 15) is 4.79 Å². The molecule has 7 heteroatoms. The van der Waals surface area contributed by atoms with Crippen LogP contribution in [0.15, 0.2) is 58.4 Å². The molecule has 0 aliphatic heterocycles. The lowest BCUT2D eigenvalue weighted by molar-refractivity contribution is 0.269. The number of aromatic nitrogens is 2. The molecule has 0 unspecified atom stereocenters. The first-order valence-corrected chi connectivity index (χ1v) is 9.37. The third kappa shape index (κ3) is 5.44. The molecule has 0 aliphatic rings. The van der Waals surface area contributed by atoms with Gasteiger partial charge in [-0.3, -0.25) is 9.78 Å². The van der Waals surface area contributed by atoms with E-state index in [1.54, 1.807) is 20.1 Å². The maximum absolute atomic E-state index is 11.8. The van der Waals surface area contributed by atoms with Gasteiger partial charge in [-0.25, -0.2) is 10.4 Å². The average molecular weight is 392 g/mol. The molecule has 29 heavy (non-hydrogen) atoms. The van der Waals surface area contributed by atoms with Crippen molar-refractivity contribution in [3.05, 3.63) is 81.3 Å². The summed E-state index contributed by atoms with van der Waals surface area (Å²) in [6, 6.07) is 15.5. The van der Waals surface area contributed by atoms with E-state index >= 15 is 0 Å². The van der Waals surface area contributed by atoms with E-state index in [1.165, 1.54) is 0 Å². The second-order valence-corrected chi connectivity index (χ2v) is 6.41. The summed E-state index contributed by atoms with van der Waals surface area (Å²) < 4.78 is 11.6. The first-order chi connectivity index (χ1) is 14.1. The summed E-state index contributed by atoms with van der Waals surface area (Å²) in [5, 5.41) is 4.14. The molecule has 0 saturated heterocycles. The molecule has 0 amide bonds. The zero-order valence-electron chi connectivity index (χ0n) is 16.7. The minimum absolute atomic E-state index is 0.186. The summed E-state index contributed by atoms with van der Waals surface area (Å²) in [6.45, 7) is 6.41. The summed E-state index contributed by atoms with van der Waals surface area (Å²) in [4.78, 5) is 18.7. The van der Waals surface area contributed by atoms with Crippen LogP contribution in [0.3, 0.4) is 0 Å². The molecule has 150 valence electrons. The predicted octanol–water partition coefficient (Wildman–Crippen LogP) is 3.81. The maximum Gasteiger partial charge on any atom is 0.255 e. The topological polar surface area (TPSA) is 88.6 Å². The van der Waals surface area contributed by atoms with Crippen molar-refractivity contribution in [1.82, 2.24) is 9.97 Å². The van der Waals surface area contributed by atoms with Crippen LogP contribution in [-0.2, 0) is 6.61 Å². The fourth-order valence-electron chi connectivity index (χ4n) is 2.59. The van der Waals surface area contributed by atoms with E-state index in [4.69, 9.17) is 9.47 Å². The Morgan fingerprint density at radius 2 is 1.90 bits per heavy atom. The summed E-state index contributed by atoms with van der Waals surface area (Å²) in [5.41, 5.74) is 5.71. The number of anilines is 1. The summed E-state index contributed by atoms with van der Waals surface area (Å²) in [6.07, 6.45) is 1.62. The van der Waals surface area contributed by atoms with E-state index in [-0.39, 0.29) is 5.56 Å². The minimum Gasteiger partial charge on any atom is -0.490 e. The Morgan fingerprint density at radius 3 is 2.62 bits per heavy atom. The van der Waals surface area contributed by atoms with Crippen molar-refractivity contribution in [2.75, 3.05) is 12.0 Å². The average Bonchev–Trinajstić information content (AvgIpc) is 2.72. The Kier molecular flexibility index (Phi) is 6.63. The molecule has 0 fully saturated rings. The molecule has 0 aliphatic carbocycles. The van der Waals surface area contributed by atoms with Crippen LogP contribution < -0.4 is 20.5 Å². The second kappa shape index (κ2) is 9.54. The van der Waals surface area contributed by atoms with Crippen molar-refractivity contribution in [1.29, 1.82) is 0 Å². The number of nitrogens with zero attached hydrogens (tertiary/aromatic N) is 2. The van der Waals surface area contributed by atoms with Crippen LogP contribution in [0.2, 0.25) is 0 Å².